The standard InChI is InChI=1S/C11H14N4O2S/c1-17-10(16)8-7-18-11(15-8)14-4-2-3-9-12-5-6-13-9/h5-7H,2-4H2,1H3,(H,12,13)(H,14,15). The molecule has 7 heteroatoms. The lowest BCUT2D eigenvalue weighted by Gasteiger charge is -2.00. The van der Waals surface area contributed by atoms with Crippen molar-refractivity contribution >= 4 is 22.4 Å². The number of H-pyrrole nitrogens is 1. The monoisotopic (exact) mass is 266 g/mol. The second-order valence-corrected chi connectivity index (χ2v) is 4.45. The van der Waals surface area contributed by atoms with Crippen molar-refractivity contribution in [2.24, 2.45) is 0 Å². The van der Waals surface area contributed by atoms with Gasteiger partial charge in [-0.1, -0.05) is 0 Å². The van der Waals surface area contributed by atoms with E-state index in [2.05, 4.69) is 25.0 Å². The molecule has 0 aliphatic carbocycles. The molecular weight excluding hydrogens is 252 g/mol. The Morgan fingerprint density at radius 2 is 2.50 bits per heavy atom. The van der Waals surface area contributed by atoms with Crippen molar-refractivity contribution in [1.82, 2.24) is 15.0 Å². The van der Waals surface area contributed by atoms with Gasteiger partial charge in [-0.05, 0) is 6.42 Å². The number of aromatic amines is 1. The number of ether oxygens (including phenoxy) is 1. The Hall–Kier alpha value is -1.89. The molecule has 0 bridgehead atoms. The summed E-state index contributed by atoms with van der Waals surface area (Å²) in [4.78, 5) is 22.5. The van der Waals surface area contributed by atoms with E-state index >= 15 is 0 Å². The number of hydrogen-bond donors (Lipinski definition) is 2. The Balaban J connectivity index is 1.73. The van der Waals surface area contributed by atoms with Crippen LogP contribution in [0.25, 0.3) is 0 Å². The Labute approximate surface area is 108 Å². The Morgan fingerprint density at radius 3 is 3.22 bits per heavy atom. The van der Waals surface area contributed by atoms with Crippen molar-refractivity contribution in [3.63, 3.8) is 0 Å². The van der Waals surface area contributed by atoms with Gasteiger partial charge in [0.05, 0.1) is 7.11 Å². The zero-order chi connectivity index (χ0) is 12.8. The van der Waals surface area contributed by atoms with Gasteiger partial charge in [0.15, 0.2) is 10.8 Å². The molecule has 0 spiro atoms. The summed E-state index contributed by atoms with van der Waals surface area (Å²) in [6.45, 7) is 0.787. The topological polar surface area (TPSA) is 79.9 Å². The van der Waals surface area contributed by atoms with Gasteiger partial charge in [-0.25, -0.2) is 14.8 Å². The fourth-order valence-corrected chi connectivity index (χ4v) is 2.15. The van der Waals surface area contributed by atoms with E-state index in [1.807, 2.05) is 6.20 Å². The minimum absolute atomic E-state index is 0.344. The van der Waals surface area contributed by atoms with Crippen LogP contribution in [-0.4, -0.2) is 34.6 Å². The second-order valence-electron chi connectivity index (χ2n) is 3.60. The number of esters is 1. The summed E-state index contributed by atoms with van der Waals surface area (Å²) in [5.74, 6) is 0.570. The minimum Gasteiger partial charge on any atom is -0.464 e. The summed E-state index contributed by atoms with van der Waals surface area (Å²) < 4.78 is 4.59. The van der Waals surface area contributed by atoms with Gasteiger partial charge < -0.3 is 15.0 Å². The number of imidazole rings is 1. The molecule has 6 nitrogen and oxygen atoms in total. The van der Waals surface area contributed by atoms with Crippen molar-refractivity contribution in [2.75, 3.05) is 19.0 Å². The average Bonchev–Trinajstić information content (AvgIpc) is 3.05. The van der Waals surface area contributed by atoms with Crippen LogP contribution in [0, 0.1) is 0 Å². The van der Waals surface area contributed by atoms with Crippen molar-refractivity contribution in [3.8, 4) is 0 Å². The van der Waals surface area contributed by atoms with Crippen LogP contribution in [0.2, 0.25) is 0 Å². The number of aryl methyl sites for hydroxylation is 1. The lowest BCUT2D eigenvalue weighted by Crippen LogP contribution is -2.05. The van der Waals surface area contributed by atoms with Gasteiger partial charge in [-0.15, -0.1) is 11.3 Å². The van der Waals surface area contributed by atoms with Crippen molar-refractivity contribution < 1.29 is 9.53 Å². The molecule has 2 aromatic rings. The molecule has 18 heavy (non-hydrogen) atoms. The Bertz CT molecular complexity index is 495. The molecule has 2 rings (SSSR count). The van der Waals surface area contributed by atoms with Gasteiger partial charge >= 0.3 is 5.97 Å². The predicted octanol–water partition coefficient (Wildman–Crippen LogP) is 1.70. The molecule has 2 heterocycles. The summed E-state index contributed by atoms with van der Waals surface area (Å²) in [6, 6.07) is 0. The number of carbonyl (C=O) groups is 1. The zero-order valence-corrected chi connectivity index (χ0v) is 10.8. The molecule has 0 atom stereocenters. The molecule has 2 aromatic heterocycles. The molecule has 0 saturated heterocycles. The summed E-state index contributed by atoms with van der Waals surface area (Å²) >= 11 is 1.39. The maximum Gasteiger partial charge on any atom is 0.357 e. The van der Waals surface area contributed by atoms with Crippen LogP contribution in [0.15, 0.2) is 17.8 Å². The number of rotatable bonds is 6. The van der Waals surface area contributed by atoms with Gasteiger partial charge in [0.2, 0.25) is 0 Å². The average molecular weight is 266 g/mol. The van der Waals surface area contributed by atoms with Crippen molar-refractivity contribution in [2.45, 2.75) is 12.8 Å². The summed E-state index contributed by atoms with van der Waals surface area (Å²) in [5, 5.41) is 5.58. The molecule has 0 fully saturated rings. The number of aromatic nitrogens is 3. The highest BCUT2D eigenvalue weighted by Crippen LogP contribution is 2.15. The molecule has 0 unspecified atom stereocenters. The highest BCUT2D eigenvalue weighted by Gasteiger charge is 2.09. The van der Waals surface area contributed by atoms with E-state index in [4.69, 9.17) is 0 Å². The molecule has 0 amide bonds. The Kier molecular flexibility index (Phi) is 4.30. The maximum absolute atomic E-state index is 11.2. The van der Waals surface area contributed by atoms with E-state index in [1.54, 1.807) is 11.6 Å². The van der Waals surface area contributed by atoms with Crippen LogP contribution < -0.4 is 5.32 Å². The first-order valence-corrected chi connectivity index (χ1v) is 6.43. The summed E-state index contributed by atoms with van der Waals surface area (Å²) in [7, 11) is 1.35. The number of anilines is 1. The highest BCUT2D eigenvalue weighted by molar-refractivity contribution is 7.13. The van der Waals surface area contributed by atoms with E-state index in [1.165, 1.54) is 18.4 Å². The van der Waals surface area contributed by atoms with Crippen LogP contribution >= 0.6 is 11.3 Å². The summed E-state index contributed by atoms with van der Waals surface area (Å²) in [5.41, 5.74) is 0.344. The first-order chi connectivity index (χ1) is 8.79. The van der Waals surface area contributed by atoms with Gasteiger partial charge in [0.25, 0.3) is 0 Å². The normalized spacial score (nSPS) is 10.3. The molecule has 0 aromatic carbocycles. The molecular formula is C11H14N4O2S. The second kappa shape index (κ2) is 6.15. The van der Waals surface area contributed by atoms with Crippen LogP contribution in [0.5, 0.6) is 0 Å². The molecule has 96 valence electrons. The zero-order valence-electron chi connectivity index (χ0n) is 9.97. The van der Waals surface area contributed by atoms with Crippen LogP contribution in [-0.2, 0) is 11.2 Å². The van der Waals surface area contributed by atoms with Crippen molar-refractivity contribution in [3.05, 3.63) is 29.3 Å². The highest BCUT2D eigenvalue weighted by atomic mass is 32.1. The van der Waals surface area contributed by atoms with Gasteiger partial charge in [-0.3, -0.25) is 0 Å². The van der Waals surface area contributed by atoms with Gasteiger partial charge in [0.1, 0.15) is 5.82 Å². The van der Waals surface area contributed by atoms with Crippen molar-refractivity contribution in [1.29, 1.82) is 0 Å². The number of nitrogens with one attached hydrogen (secondary N) is 2. The third-order valence-electron chi connectivity index (χ3n) is 2.32. The molecule has 0 radical (unpaired) electrons. The van der Waals surface area contributed by atoms with Gasteiger partial charge in [-0.2, -0.15) is 0 Å². The van der Waals surface area contributed by atoms with E-state index in [0.29, 0.717) is 5.69 Å². The first kappa shape index (κ1) is 12.6. The lowest BCUT2D eigenvalue weighted by atomic mass is 10.3. The van der Waals surface area contributed by atoms with E-state index in [-0.39, 0.29) is 0 Å². The van der Waals surface area contributed by atoms with E-state index in [9.17, 15) is 4.79 Å². The largest absolute Gasteiger partial charge is 0.464 e. The molecule has 0 aliphatic heterocycles. The minimum atomic E-state index is -0.408. The summed E-state index contributed by atoms with van der Waals surface area (Å²) in [6.07, 6.45) is 5.38. The number of hydrogen-bond acceptors (Lipinski definition) is 6. The van der Waals surface area contributed by atoms with E-state index < -0.39 is 5.97 Å². The number of thiazole rings is 1. The fourth-order valence-electron chi connectivity index (χ4n) is 1.44. The number of nitrogens with zero attached hydrogens (tertiary/aromatic N) is 2. The Morgan fingerprint density at radius 1 is 1.61 bits per heavy atom. The van der Waals surface area contributed by atoms with Crippen LogP contribution in [0.1, 0.15) is 22.7 Å². The molecule has 0 saturated carbocycles. The van der Waals surface area contributed by atoms with Crippen LogP contribution in [0.4, 0.5) is 5.13 Å². The quantitative estimate of drug-likeness (QED) is 0.614. The third kappa shape index (κ3) is 3.30. The first-order valence-electron chi connectivity index (χ1n) is 5.55. The molecule has 2 N–H and O–H groups in total. The smallest absolute Gasteiger partial charge is 0.357 e. The fraction of sp³-hybridized carbons (Fsp3) is 0.364. The predicted molar refractivity (Wildman–Crippen MR) is 68.9 cm³/mol. The number of methoxy groups -OCH3 is 1. The lowest BCUT2D eigenvalue weighted by molar-refractivity contribution is 0.0595. The third-order valence-corrected chi connectivity index (χ3v) is 3.12. The van der Waals surface area contributed by atoms with Crippen LogP contribution in [0.3, 0.4) is 0 Å². The number of carbonyl (C=O) groups excluding carboxylic acids is 1. The SMILES string of the molecule is COC(=O)c1csc(NCCCc2ncc[nH]2)n1. The molecule has 0 aliphatic rings. The van der Waals surface area contributed by atoms with Gasteiger partial charge in [0, 0.05) is 30.7 Å². The maximum atomic E-state index is 11.2. The van der Waals surface area contributed by atoms with E-state index in [0.717, 1.165) is 30.3 Å².